The molecule has 5 nitrogen and oxygen atoms in total. The third-order valence-electron chi connectivity index (χ3n) is 4.55. The number of amides is 1. The van der Waals surface area contributed by atoms with E-state index >= 15 is 0 Å². The number of hydrogen-bond acceptors (Lipinski definition) is 2. The molecule has 0 saturated heterocycles. The first-order chi connectivity index (χ1) is 13.1. The molecule has 1 aliphatic heterocycles. The summed E-state index contributed by atoms with van der Waals surface area (Å²) in [5, 5.41) is 9.21. The summed E-state index contributed by atoms with van der Waals surface area (Å²) in [6.07, 6.45) is 0.809. The van der Waals surface area contributed by atoms with Crippen LogP contribution in [0.15, 0.2) is 47.5 Å². The van der Waals surface area contributed by atoms with E-state index in [0.717, 1.165) is 17.3 Å². The second-order valence-electron chi connectivity index (χ2n) is 6.40. The normalized spacial score (nSPS) is 15.9. The zero-order chi connectivity index (χ0) is 19.2. The molecule has 2 aromatic carbocycles. The first kappa shape index (κ1) is 22.1. The van der Waals surface area contributed by atoms with Gasteiger partial charge in [-0.05, 0) is 29.7 Å². The Morgan fingerprint density at radius 3 is 2.75 bits per heavy atom. The number of rotatable bonds is 5. The summed E-state index contributed by atoms with van der Waals surface area (Å²) in [6.45, 7) is 0.999. The minimum atomic E-state index is -0.585. The SMILES string of the molecule is CN=C(NCCc1ccc(F)cc1F)NCC1CC(=O)Nc2ccccc21.I. The summed E-state index contributed by atoms with van der Waals surface area (Å²) in [5.74, 6) is -0.526. The fourth-order valence-electron chi connectivity index (χ4n) is 3.16. The average molecular weight is 500 g/mol. The predicted octanol–water partition coefficient (Wildman–Crippen LogP) is 3.42. The van der Waals surface area contributed by atoms with Crippen LogP contribution in [0.1, 0.15) is 23.5 Å². The van der Waals surface area contributed by atoms with E-state index in [4.69, 9.17) is 0 Å². The Balaban J connectivity index is 0.00000280. The van der Waals surface area contributed by atoms with Gasteiger partial charge in [-0.3, -0.25) is 9.79 Å². The maximum atomic E-state index is 13.7. The van der Waals surface area contributed by atoms with Crippen molar-refractivity contribution in [1.29, 1.82) is 0 Å². The number of fused-ring (bicyclic) bond motifs is 1. The van der Waals surface area contributed by atoms with Gasteiger partial charge < -0.3 is 16.0 Å². The molecule has 3 rings (SSSR count). The van der Waals surface area contributed by atoms with Gasteiger partial charge in [0.1, 0.15) is 11.6 Å². The molecule has 1 atom stereocenters. The molecule has 150 valence electrons. The highest BCUT2D eigenvalue weighted by Crippen LogP contribution is 2.31. The molecule has 2 aromatic rings. The van der Waals surface area contributed by atoms with Gasteiger partial charge in [0.25, 0.3) is 0 Å². The highest BCUT2D eigenvalue weighted by molar-refractivity contribution is 14.0. The number of nitrogens with zero attached hydrogens (tertiary/aromatic N) is 1. The van der Waals surface area contributed by atoms with Crippen LogP contribution < -0.4 is 16.0 Å². The summed E-state index contributed by atoms with van der Waals surface area (Å²) in [4.78, 5) is 16.0. The molecule has 0 aliphatic carbocycles. The maximum absolute atomic E-state index is 13.7. The number of guanidine groups is 1. The molecule has 0 saturated carbocycles. The number of carbonyl (C=O) groups is 1. The van der Waals surface area contributed by atoms with Crippen LogP contribution >= 0.6 is 24.0 Å². The van der Waals surface area contributed by atoms with Crippen LogP contribution in [-0.2, 0) is 11.2 Å². The Labute approximate surface area is 180 Å². The number of nitrogens with one attached hydrogen (secondary N) is 3. The van der Waals surface area contributed by atoms with Gasteiger partial charge in [-0.25, -0.2) is 8.78 Å². The summed E-state index contributed by atoms with van der Waals surface area (Å²) in [6, 6.07) is 11.3. The molecule has 8 heteroatoms. The van der Waals surface area contributed by atoms with Crippen LogP contribution in [0.4, 0.5) is 14.5 Å². The topological polar surface area (TPSA) is 65.5 Å². The molecule has 1 aliphatic rings. The van der Waals surface area contributed by atoms with E-state index in [1.165, 1.54) is 12.1 Å². The van der Waals surface area contributed by atoms with E-state index in [1.807, 2.05) is 24.3 Å². The monoisotopic (exact) mass is 500 g/mol. The maximum Gasteiger partial charge on any atom is 0.225 e. The van der Waals surface area contributed by atoms with Crippen LogP contribution in [0.2, 0.25) is 0 Å². The quantitative estimate of drug-likeness (QED) is 0.335. The molecule has 28 heavy (non-hydrogen) atoms. The van der Waals surface area contributed by atoms with Crippen LogP contribution in [-0.4, -0.2) is 32.0 Å². The van der Waals surface area contributed by atoms with Crippen molar-refractivity contribution in [2.45, 2.75) is 18.8 Å². The van der Waals surface area contributed by atoms with Crippen LogP contribution in [0.3, 0.4) is 0 Å². The summed E-state index contributed by atoms with van der Waals surface area (Å²) in [5.41, 5.74) is 2.38. The lowest BCUT2D eigenvalue weighted by Crippen LogP contribution is -2.41. The van der Waals surface area contributed by atoms with E-state index in [-0.39, 0.29) is 35.8 Å². The number of halogens is 3. The molecular weight excluding hydrogens is 477 g/mol. The van der Waals surface area contributed by atoms with Gasteiger partial charge in [0, 0.05) is 44.2 Å². The fraction of sp³-hybridized carbons (Fsp3) is 0.300. The molecule has 1 amide bonds. The van der Waals surface area contributed by atoms with Gasteiger partial charge >= 0.3 is 0 Å². The first-order valence-corrected chi connectivity index (χ1v) is 8.84. The Hall–Kier alpha value is -2.23. The van der Waals surface area contributed by atoms with Crippen molar-refractivity contribution in [3.8, 4) is 0 Å². The summed E-state index contributed by atoms with van der Waals surface area (Å²) >= 11 is 0. The van der Waals surface area contributed by atoms with Crippen molar-refractivity contribution in [3.63, 3.8) is 0 Å². The number of anilines is 1. The van der Waals surface area contributed by atoms with Crippen molar-refractivity contribution in [1.82, 2.24) is 10.6 Å². The van der Waals surface area contributed by atoms with Gasteiger partial charge in [0.2, 0.25) is 5.91 Å². The summed E-state index contributed by atoms with van der Waals surface area (Å²) in [7, 11) is 1.65. The molecule has 0 bridgehead atoms. The smallest absolute Gasteiger partial charge is 0.225 e. The van der Waals surface area contributed by atoms with Gasteiger partial charge in [0.05, 0.1) is 0 Å². The van der Waals surface area contributed by atoms with Crippen molar-refractivity contribution in [2.75, 3.05) is 25.5 Å². The second-order valence-corrected chi connectivity index (χ2v) is 6.40. The lowest BCUT2D eigenvalue weighted by Gasteiger charge is -2.26. The Kier molecular flexibility index (Phi) is 8.16. The lowest BCUT2D eigenvalue weighted by molar-refractivity contribution is -0.116. The molecule has 1 heterocycles. The molecule has 0 aromatic heterocycles. The first-order valence-electron chi connectivity index (χ1n) is 8.84. The Morgan fingerprint density at radius 2 is 2.00 bits per heavy atom. The van der Waals surface area contributed by atoms with Crippen LogP contribution in [0.25, 0.3) is 0 Å². The van der Waals surface area contributed by atoms with E-state index < -0.39 is 11.6 Å². The van der Waals surface area contributed by atoms with Gasteiger partial charge in [-0.2, -0.15) is 0 Å². The number of hydrogen-bond donors (Lipinski definition) is 3. The minimum absolute atomic E-state index is 0. The largest absolute Gasteiger partial charge is 0.356 e. The van der Waals surface area contributed by atoms with Crippen molar-refractivity contribution >= 4 is 41.5 Å². The standard InChI is InChI=1S/C20H22F2N4O.HI/c1-23-20(24-9-8-13-6-7-15(21)11-17(13)22)25-12-14-10-19(27)26-18-5-3-2-4-16(14)18;/h2-7,11,14H,8-10,12H2,1H3,(H,26,27)(H2,23,24,25);1H. The van der Waals surface area contributed by atoms with Crippen molar-refractivity contribution in [3.05, 3.63) is 65.2 Å². The van der Waals surface area contributed by atoms with Crippen molar-refractivity contribution < 1.29 is 13.6 Å². The van der Waals surface area contributed by atoms with E-state index in [9.17, 15) is 13.6 Å². The van der Waals surface area contributed by atoms with Gasteiger partial charge in [-0.15, -0.1) is 24.0 Å². The minimum Gasteiger partial charge on any atom is -0.356 e. The highest BCUT2D eigenvalue weighted by Gasteiger charge is 2.24. The van der Waals surface area contributed by atoms with Crippen LogP contribution in [0.5, 0.6) is 0 Å². The van der Waals surface area contributed by atoms with Crippen LogP contribution in [0, 0.1) is 11.6 Å². The average Bonchev–Trinajstić information content (AvgIpc) is 2.65. The number of para-hydroxylation sites is 1. The molecule has 0 spiro atoms. The Morgan fingerprint density at radius 1 is 1.21 bits per heavy atom. The van der Waals surface area contributed by atoms with Crippen molar-refractivity contribution in [2.24, 2.45) is 4.99 Å². The fourth-order valence-corrected chi connectivity index (χ4v) is 3.16. The second kappa shape index (κ2) is 10.4. The third-order valence-corrected chi connectivity index (χ3v) is 4.55. The third kappa shape index (κ3) is 5.63. The molecule has 0 radical (unpaired) electrons. The molecule has 1 unspecified atom stereocenters. The highest BCUT2D eigenvalue weighted by atomic mass is 127. The number of benzene rings is 2. The zero-order valence-corrected chi connectivity index (χ0v) is 17.8. The van der Waals surface area contributed by atoms with Gasteiger partial charge in [0.15, 0.2) is 5.96 Å². The zero-order valence-electron chi connectivity index (χ0n) is 15.5. The van der Waals surface area contributed by atoms with E-state index in [2.05, 4.69) is 20.9 Å². The predicted molar refractivity (Wildman–Crippen MR) is 117 cm³/mol. The molecule has 3 N–H and O–H groups in total. The van der Waals surface area contributed by atoms with Gasteiger partial charge in [-0.1, -0.05) is 24.3 Å². The van der Waals surface area contributed by atoms with E-state index in [1.54, 1.807) is 7.05 Å². The lowest BCUT2D eigenvalue weighted by atomic mass is 9.90. The number of aliphatic imine (C=N–C) groups is 1. The molecular formula is C20H23F2IN4O. The van der Waals surface area contributed by atoms with E-state index in [0.29, 0.717) is 37.5 Å². The number of carbonyl (C=O) groups excluding carboxylic acids is 1. The molecule has 0 fully saturated rings. The Bertz CT molecular complexity index is 860. The summed E-state index contributed by atoms with van der Waals surface area (Å²) < 4.78 is 26.6.